The van der Waals surface area contributed by atoms with Gasteiger partial charge in [0.2, 0.25) is 5.91 Å². The molecule has 0 unspecified atom stereocenters. The van der Waals surface area contributed by atoms with Crippen molar-refractivity contribution in [1.29, 1.82) is 0 Å². The van der Waals surface area contributed by atoms with E-state index in [4.69, 9.17) is 4.74 Å². The van der Waals surface area contributed by atoms with Crippen LogP contribution in [0.4, 0.5) is 0 Å². The van der Waals surface area contributed by atoms with Gasteiger partial charge in [0.25, 0.3) is 0 Å². The highest BCUT2D eigenvalue weighted by atomic mass is 79.9. The van der Waals surface area contributed by atoms with Crippen LogP contribution in [0.3, 0.4) is 0 Å². The van der Waals surface area contributed by atoms with E-state index in [9.17, 15) is 4.79 Å². The van der Waals surface area contributed by atoms with Gasteiger partial charge in [0.05, 0.1) is 13.0 Å². The molecule has 0 aliphatic heterocycles. The lowest BCUT2D eigenvalue weighted by atomic mass is 10.3. The van der Waals surface area contributed by atoms with E-state index < -0.39 is 0 Å². The normalized spacial score (nSPS) is 9.44. The SMILES string of the molecule is CNCCNC(=O)CCOc1cccc(Br)c1.Cl. The predicted molar refractivity (Wildman–Crippen MR) is 78.4 cm³/mol. The zero-order chi connectivity index (χ0) is 12.5. The number of benzene rings is 1. The Morgan fingerprint density at radius 1 is 1.39 bits per heavy atom. The topological polar surface area (TPSA) is 50.4 Å². The van der Waals surface area contributed by atoms with Gasteiger partial charge in [0.15, 0.2) is 0 Å². The molecule has 0 spiro atoms. The van der Waals surface area contributed by atoms with Crippen LogP contribution in [0.5, 0.6) is 5.75 Å². The van der Waals surface area contributed by atoms with Crippen molar-refractivity contribution in [2.24, 2.45) is 0 Å². The molecule has 1 aromatic rings. The average Bonchev–Trinajstić information content (AvgIpc) is 2.29. The Kier molecular flexibility index (Phi) is 9.73. The second-order valence-corrected chi connectivity index (χ2v) is 4.43. The van der Waals surface area contributed by atoms with Crippen LogP contribution in [-0.4, -0.2) is 32.7 Å². The van der Waals surface area contributed by atoms with Crippen LogP contribution in [0.25, 0.3) is 0 Å². The molecule has 0 fully saturated rings. The van der Waals surface area contributed by atoms with Crippen molar-refractivity contribution in [2.45, 2.75) is 6.42 Å². The first kappa shape index (κ1) is 17.2. The van der Waals surface area contributed by atoms with E-state index in [-0.39, 0.29) is 18.3 Å². The number of likely N-dealkylation sites (N-methyl/N-ethyl adjacent to an activating group) is 1. The molecular formula is C12H18BrClN2O2. The van der Waals surface area contributed by atoms with Crippen molar-refractivity contribution in [3.05, 3.63) is 28.7 Å². The molecule has 0 atom stereocenters. The van der Waals surface area contributed by atoms with Gasteiger partial charge < -0.3 is 15.4 Å². The maximum Gasteiger partial charge on any atom is 0.223 e. The fraction of sp³-hybridized carbons (Fsp3) is 0.417. The van der Waals surface area contributed by atoms with Crippen molar-refractivity contribution >= 4 is 34.2 Å². The minimum atomic E-state index is 0. The molecule has 1 amide bonds. The fourth-order valence-electron chi connectivity index (χ4n) is 1.23. The molecule has 1 rings (SSSR count). The highest BCUT2D eigenvalue weighted by molar-refractivity contribution is 9.10. The summed E-state index contributed by atoms with van der Waals surface area (Å²) in [6.45, 7) is 1.81. The first-order valence-corrected chi connectivity index (χ1v) is 6.31. The van der Waals surface area contributed by atoms with Gasteiger partial charge in [0, 0.05) is 17.6 Å². The Hall–Kier alpha value is -0.780. The van der Waals surface area contributed by atoms with E-state index in [1.165, 1.54) is 0 Å². The Balaban J connectivity index is 0.00000289. The summed E-state index contributed by atoms with van der Waals surface area (Å²) < 4.78 is 6.42. The van der Waals surface area contributed by atoms with Crippen LogP contribution in [0, 0.1) is 0 Å². The molecule has 0 aromatic heterocycles. The van der Waals surface area contributed by atoms with E-state index in [0.29, 0.717) is 19.6 Å². The van der Waals surface area contributed by atoms with E-state index in [1.54, 1.807) is 0 Å². The molecule has 0 heterocycles. The van der Waals surface area contributed by atoms with E-state index in [2.05, 4.69) is 26.6 Å². The van der Waals surface area contributed by atoms with E-state index >= 15 is 0 Å². The molecule has 0 bridgehead atoms. The van der Waals surface area contributed by atoms with Gasteiger partial charge in [-0.2, -0.15) is 0 Å². The van der Waals surface area contributed by atoms with Gasteiger partial charge in [-0.15, -0.1) is 12.4 Å². The van der Waals surface area contributed by atoms with Crippen LogP contribution >= 0.6 is 28.3 Å². The third-order valence-electron chi connectivity index (χ3n) is 2.09. The zero-order valence-electron chi connectivity index (χ0n) is 10.2. The number of carbonyl (C=O) groups excluding carboxylic acids is 1. The Morgan fingerprint density at radius 2 is 2.17 bits per heavy atom. The summed E-state index contributed by atoms with van der Waals surface area (Å²) in [5.41, 5.74) is 0. The maximum atomic E-state index is 11.3. The number of hydrogen-bond donors (Lipinski definition) is 2. The lowest BCUT2D eigenvalue weighted by Crippen LogP contribution is -2.31. The molecule has 102 valence electrons. The lowest BCUT2D eigenvalue weighted by molar-refractivity contribution is -0.121. The van der Waals surface area contributed by atoms with E-state index in [0.717, 1.165) is 16.8 Å². The molecular weight excluding hydrogens is 320 g/mol. The number of amides is 1. The molecule has 0 saturated heterocycles. The summed E-state index contributed by atoms with van der Waals surface area (Å²) >= 11 is 3.36. The molecule has 0 aliphatic carbocycles. The van der Waals surface area contributed by atoms with Crippen molar-refractivity contribution in [2.75, 3.05) is 26.7 Å². The highest BCUT2D eigenvalue weighted by Gasteiger charge is 2.01. The Labute approximate surface area is 122 Å². The number of rotatable bonds is 7. The minimum Gasteiger partial charge on any atom is -0.493 e. The summed E-state index contributed by atoms with van der Waals surface area (Å²) in [7, 11) is 1.85. The summed E-state index contributed by atoms with van der Waals surface area (Å²) in [4.78, 5) is 11.3. The monoisotopic (exact) mass is 336 g/mol. The third kappa shape index (κ3) is 7.53. The molecule has 0 radical (unpaired) electrons. The fourth-order valence-corrected chi connectivity index (χ4v) is 1.61. The summed E-state index contributed by atoms with van der Waals surface area (Å²) in [5, 5.41) is 5.75. The summed E-state index contributed by atoms with van der Waals surface area (Å²) in [5.74, 6) is 0.776. The average molecular weight is 338 g/mol. The second-order valence-electron chi connectivity index (χ2n) is 3.51. The maximum absolute atomic E-state index is 11.3. The number of hydrogen-bond acceptors (Lipinski definition) is 3. The van der Waals surface area contributed by atoms with Gasteiger partial charge in [-0.1, -0.05) is 22.0 Å². The van der Waals surface area contributed by atoms with Gasteiger partial charge in [-0.3, -0.25) is 4.79 Å². The lowest BCUT2D eigenvalue weighted by Gasteiger charge is -2.07. The Bertz CT molecular complexity index is 364. The van der Waals surface area contributed by atoms with Crippen LogP contribution < -0.4 is 15.4 Å². The van der Waals surface area contributed by atoms with Crippen LogP contribution in [0.2, 0.25) is 0 Å². The number of nitrogens with one attached hydrogen (secondary N) is 2. The van der Waals surface area contributed by atoms with Crippen LogP contribution in [0.15, 0.2) is 28.7 Å². The molecule has 1 aromatic carbocycles. The second kappa shape index (κ2) is 10.2. The van der Waals surface area contributed by atoms with Gasteiger partial charge in [-0.05, 0) is 25.2 Å². The van der Waals surface area contributed by atoms with Crippen molar-refractivity contribution in [1.82, 2.24) is 10.6 Å². The van der Waals surface area contributed by atoms with E-state index in [1.807, 2.05) is 31.3 Å². The van der Waals surface area contributed by atoms with Gasteiger partial charge in [0.1, 0.15) is 5.75 Å². The highest BCUT2D eigenvalue weighted by Crippen LogP contribution is 2.17. The van der Waals surface area contributed by atoms with Crippen molar-refractivity contribution in [3.8, 4) is 5.75 Å². The molecule has 0 saturated carbocycles. The summed E-state index contributed by atoms with van der Waals surface area (Å²) in [6.07, 6.45) is 0.371. The quantitative estimate of drug-likeness (QED) is 0.748. The number of halogens is 2. The molecule has 4 nitrogen and oxygen atoms in total. The standard InChI is InChI=1S/C12H17BrN2O2.ClH/c1-14-6-7-15-12(16)5-8-17-11-4-2-3-10(13)9-11;/h2-4,9,14H,5-8H2,1H3,(H,15,16);1H. The summed E-state index contributed by atoms with van der Waals surface area (Å²) in [6, 6.07) is 7.56. The first-order valence-electron chi connectivity index (χ1n) is 5.52. The van der Waals surface area contributed by atoms with Gasteiger partial charge >= 0.3 is 0 Å². The van der Waals surface area contributed by atoms with Gasteiger partial charge in [-0.25, -0.2) is 0 Å². The number of ether oxygens (including phenoxy) is 1. The largest absolute Gasteiger partial charge is 0.493 e. The van der Waals surface area contributed by atoms with Crippen LogP contribution in [-0.2, 0) is 4.79 Å². The molecule has 0 aliphatic rings. The zero-order valence-corrected chi connectivity index (χ0v) is 12.6. The molecule has 18 heavy (non-hydrogen) atoms. The van der Waals surface area contributed by atoms with Crippen molar-refractivity contribution in [3.63, 3.8) is 0 Å². The number of carbonyl (C=O) groups is 1. The first-order chi connectivity index (χ1) is 8.22. The molecule has 6 heteroatoms. The predicted octanol–water partition coefficient (Wildman–Crippen LogP) is 1.98. The third-order valence-corrected chi connectivity index (χ3v) is 2.58. The minimum absolute atomic E-state index is 0. The smallest absolute Gasteiger partial charge is 0.223 e. The molecule has 2 N–H and O–H groups in total. The Morgan fingerprint density at radius 3 is 2.83 bits per heavy atom. The van der Waals surface area contributed by atoms with Crippen LogP contribution in [0.1, 0.15) is 6.42 Å². The van der Waals surface area contributed by atoms with Crippen molar-refractivity contribution < 1.29 is 9.53 Å².